The Labute approximate surface area is 114 Å². The van der Waals surface area contributed by atoms with E-state index in [4.69, 9.17) is 5.11 Å². The molecule has 2 rings (SSSR count). The summed E-state index contributed by atoms with van der Waals surface area (Å²) in [6.07, 6.45) is 1.05. The molecule has 20 heavy (non-hydrogen) atoms. The van der Waals surface area contributed by atoms with Crippen molar-refractivity contribution in [3.05, 3.63) is 29.6 Å². The highest BCUT2D eigenvalue weighted by Gasteiger charge is 2.29. The van der Waals surface area contributed by atoms with Crippen molar-refractivity contribution >= 4 is 5.91 Å². The molecular formula is C13H16F2N2O3. The molecule has 2 N–H and O–H groups in total. The summed E-state index contributed by atoms with van der Waals surface area (Å²) in [5, 5.41) is 18.4. The lowest BCUT2D eigenvalue weighted by atomic mass is 9.91. The topological polar surface area (TPSA) is 73.7 Å². The predicted molar refractivity (Wildman–Crippen MR) is 65.9 cm³/mol. The quantitative estimate of drug-likeness (QED) is 0.852. The van der Waals surface area contributed by atoms with Gasteiger partial charge in [-0.15, -0.1) is 0 Å². The van der Waals surface area contributed by atoms with E-state index in [0.29, 0.717) is 32.0 Å². The lowest BCUT2D eigenvalue weighted by Crippen LogP contribution is -2.42. The van der Waals surface area contributed by atoms with Crippen molar-refractivity contribution < 1.29 is 23.8 Å². The standard InChI is InChI=1S/C13H16F2N2O3/c14-9-5-10(15)12(16-6-9)13(20)17-3-1-8(2-4-17)11(19)7-18/h5-6,8,11,18-19H,1-4,7H2. The summed E-state index contributed by atoms with van der Waals surface area (Å²) in [4.78, 5) is 17.0. The summed E-state index contributed by atoms with van der Waals surface area (Å²) >= 11 is 0. The fourth-order valence-electron chi connectivity index (χ4n) is 2.36. The van der Waals surface area contributed by atoms with Gasteiger partial charge in [-0.2, -0.15) is 0 Å². The highest BCUT2D eigenvalue weighted by molar-refractivity contribution is 5.92. The molecule has 0 radical (unpaired) electrons. The van der Waals surface area contributed by atoms with Crippen molar-refractivity contribution in [1.29, 1.82) is 0 Å². The molecule has 0 saturated carbocycles. The largest absolute Gasteiger partial charge is 0.394 e. The Morgan fingerprint density at radius 1 is 1.45 bits per heavy atom. The van der Waals surface area contributed by atoms with Gasteiger partial charge in [0, 0.05) is 19.2 Å². The Balaban J connectivity index is 2.01. The molecule has 110 valence electrons. The van der Waals surface area contributed by atoms with Gasteiger partial charge in [0.2, 0.25) is 0 Å². The van der Waals surface area contributed by atoms with Crippen molar-refractivity contribution in [3.63, 3.8) is 0 Å². The molecule has 1 amide bonds. The number of nitrogens with zero attached hydrogens (tertiary/aromatic N) is 2. The molecule has 1 saturated heterocycles. The number of aliphatic hydroxyl groups is 2. The van der Waals surface area contributed by atoms with Crippen LogP contribution in [-0.2, 0) is 0 Å². The van der Waals surface area contributed by atoms with Crippen LogP contribution in [-0.4, -0.2) is 51.8 Å². The number of hydrogen-bond donors (Lipinski definition) is 2. The molecule has 5 nitrogen and oxygen atoms in total. The summed E-state index contributed by atoms with van der Waals surface area (Å²) in [7, 11) is 0. The van der Waals surface area contributed by atoms with Crippen LogP contribution in [0.25, 0.3) is 0 Å². The number of pyridine rings is 1. The van der Waals surface area contributed by atoms with Crippen LogP contribution in [0.4, 0.5) is 8.78 Å². The maximum absolute atomic E-state index is 13.5. The number of aromatic nitrogens is 1. The minimum absolute atomic E-state index is 0.0740. The van der Waals surface area contributed by atoms with Crippen LogP contribution in [0.15, 0.2) is 12.3 Å². The van der Waals surface area contributed by atoms with Crippen LogP contribution in [0.1, 0.15) is 23.3 Å². The molecular weight excluding hydrogens is 270 g/mol. The number of rotatable bonds is 3. The Hall–Kier alpha value is -1.60. The van der Waals surface area contributed by atoms with Gasteiger partial charge in [0.15, 0.2) is 11.5 Å². The molecule has 1 unspecified atom stereocenters. The minimum atomic E-state index is -0.979. The van der Waals surface area contributed by atoms with Gasteiger partial charge in [-0.3, -0.25) is 4.79 Å². The number of likely N-dealkylation sites (tertiary alicyclic amines) is 1. The summed E-state index contributed by atoms with van der Waals surface area (Å²) in [6, 6.07) is 0.627. The first-order chi connectivity index (χ1) is 9.52. The maximum Gasteiger partial charge on any atom is 0.275 e. The van der Waals surface area contributed by atoms with E-state index in [-0.39, 0.29) is 12.5 Å². The molecule has 1 atom stereocenters. The van der Waals surface area contributed by atoms with E-state index < -0.39 is 29.3 Å². The average Bonchev–Trinajstić information content (AvgIpc) is 2.46. The van der Waals surface area contributed by atoms with Crippen LogP contribution in [0.3, 0.4) is 0 Å². The van der Waals surface area contributed by atoms with Gasteiger partial charge in [-0.05, 0) is 18.8 Å². The molecule has 0 spiro atoms. The number of aliphatic hydroxyl groups excluding tert-OH is 2. The Morgan fingerprint density at radius 2 is 2.10 bits per heavy atom. The zero-order chi connectivity index (χ0) is 14.7. The Kier molecular flexibility index (Phi) is 4.61. The maximum atomic E-state index is 13.5. The highest BCUT2D eigenvalue weighted by atomic mass is 19.1. The van der Waals surface area contributed by atoms with Crippen LogP contribution in [0, 0.1) is 17.6 Å². The van der Waals surface area contributed by atoms with Crippen molar-refractivity contribution in [2.24, 2.45) is 5.92 Å². The zero-order valence-corrected chi connectivity index (χ0v) is 10.8. The van der Waals surface area contributed by atoms with Gasteiger partial charge in [0.1, 0.15) is 5.82 Å². The average molecular weight is 286 g/mol. The molecule has 1 fully saturated rings. The third kappa shape index (κ3) is 3.10. The normalized spacial score (nSPS) is 18.1. The second-order valence-corrected chi connectivity index (χ2v) is 4.86. The molecule has 1 aromatic heterocycles. The van der Waals surface area contributed by atoms with E-state index in [2.05, 4.69) is 4.98 Å². The summed E-state index contributed by atoms with van der Waals surface area (Å²) in [5.41, 5.74) is -0.396. The van der Waals surface area contributed by atoms with Crippen LogP contribution < -0.4 is 0 Å². The Morgan fingerprint density at radius 3 is 2.65 bits per heavy atom. The van der Waals surface area contributed by atoms with E-state index in [1.807, 2.05) is 0 Å². The second-order valence-electron chi connectivity index (χ2n) is 4.86. The molecule has 2 heterocycles. The lowest BCUT2D eigenvalue weighted by molar-refractivity contribution is 0.0176. The molecule has 1 aliphatic rings. The smallest absolute Gasteiger partial charge is 0.275 e. The van der Waals surface area contributed by atoms with Crippen molar-refractivity contribution in [2.75, 3.05) is 19.7 Å². The molecule has 0 aliphatic carbocycles. The molecule has 1 aliphatic heterocycles. The van der Waals surface area contributed by atoms with E-state index in [9.17, 15) is 18.7 Å². The first kappa shape index (κ1) is 14.8. The summed E-state index contributed by atoms with van der Waals surface area (Å²) < 4.78 is 26.2. The summed E-state index contributed by atoms with van der Waals surface area (Å²) in [5.74, 6) is -2.47. The minimum Gasteiger partial charge on any atom is -0.394 e. The fraction of sp³-hybridized carbons (Fsp3) is 0.538. The van der Waals surface area contributed by atoms with Gasteiger partial charge in [0.05, 0.1) is 18.9 Å². The van der Waals surface area contributed by atoms with Crippen molar-refractivity contribution in [1.82, 2.24) is 9.88 Å². The third-order valence-corrected chi connectivity index (χ3v) is 3.57. The molecule has 0 aromatic carbocycles. The molecule has 0 bridgehead atoms. The van der Waals surface area contributed by atoms with E-state index in [1.165, 1.54) is 4.90 Å². The number of carbonyl (C=O) groups excluding carboxylic acids is 1. The van der Waals surface area contributed by atoms with Gasteiger partial charge < -0.3 is 15.1 Å². The monoisotopic (exact) mass is 286 g/mol. The third-order valence-electron chi connectivity index (χ3n) is 3.57. The predicted octanol–water partition coefficient (Wildman–Crippen LogP) is 0.565. The van der Waals surface area contributed by atoms with Crippen LogP contribution in [0.5, 0.6) is 0 Å². The van der Waals surface area contributed by atoms with Gasteiger partial charge in [-0.25, -0.2) is 13.8 Å². The Bertz CT molecular complexity index is 491. The molecule has 1 aromatic rings. The van der Waals surface area contributed by atoms with E-state index >= 15 is 0 Å². The number of halogens is 2. The lowest BCUT2D eigenvalue weighted by Gasteiger charge is -2.33. The van der Waals surface area contributed by atoms with Crippen LogP contribution in [0.2, 0.25) is 0 Å². The fourth-order valence-corrected chi connectivity index (χ4v) is 2.36. The number of carbonyl (C=O) groups is 1. The number of hydrogen-bond acceptors (Lipinski definition) is 4. The van der Waals surface area contributed by atoms with E-state index in [1.54, 1.807) is 0 Å². The first-order valence-electron chi connectivity index (χ1n) is 6.42. The summed E-state index contributed by atoms with van der Waals surface area (Å²) in [6.45, 7) is 0.380. The van der Waals surface area contributed by atoms with E-state index in [0.717, 1.165) is 6.20 Å². The van der Waals surface area contributed by atoms with Gasteiger partial charge >= 0.3 is 0 Å². The van der Waals surface area contributed by atoms with Crippen molar-refractivity contribution in [2.45, 2.75) is 18.9 Å². The van der Waals surface area contributed by atoms with Gasteiger partial charge in [-0.1, -0.05) is 0 Å². The number of amides is 1. The van der Waals surface area contributed by atoms with Crippen molar-refractivity contribution in [3.8, 4) is 0 Å². The zero-order valence-electron chi connectivity index (χ0n) is 10.8. The molecule has 7 heteroatoms. The second kappa shape index (κ2) is 6.23. The number of piperidine rings is 1. The van der Waals surface area contributed by atoms with Crippen LogP contribution >= 0.6 is 0 Å². The van der Waals surface area contributed by atoms with Gasteiger partial charge in [0.25, 0.3) is 5.91 Å². The highest BCUT2D eigenvalue weighted by Crippen LogP contribution is 2.22. The first-order valence-corrected chi connectivity index (χ1v) is 6.42. The SMILES string of the molecule is O=C(c1ncc(F)cc1F)N1CCC(C(O)CO)CC1.